The average Bonchev–Trinajstić information content (AvgIpc) is 3.49. The summed E-state index contributed by atoms with van der Waals surface area (Å²) in [6.45, 7) is 14.4. The number of aliphatic imine (C=N–C) groups is 1. The second-order valence-corrected chi connectivity index (χ2v) is 19.4. The van der Waals surface area contributed by atoms with Gasteiger partial charge < -0.3 is 19.3 Å². The van der Waals surface area contributed by atoms with E-state index < -0.39 is 36.0 Å². The molecule has 12 heteroatoms. The van der Waals surface area contributed by atoms with E-state index in [1.165, 1.54) is 12.0 Å². The molecule has 3 rings (SSSR count). The highest BCUT2D eigenvalue weighted by molar-refractivity contribution is 9.10. The quantitative estimate of drug-likeness (QED) is 0.234. The van der Waals surface area contributed by atoms with Gasteiger partial charge in [-0.15, -0.1) is 0 Å². The maximum atomic E-state index is 13.3. The van der Waals surface area contributed by atoms with Crippen molar-refractivity contribution in [2.75, 3.05) is 20.4 Å². The van der Waals surface area contributed by atoms with Crippen molar-refractivity contribution >= 4 is 53.0 Å². The van der Waals surface area contributed by atoms with Gasteiger partial charge in [0.25, 0.3) is 0 Å². The van der Waals surface area contributed by atoms with Crippen LogP contribution in [-0.4, -0.2) is 71.1 Å². The number of halogens is 1. The fraction of sp³-hybridized carbons (Fsp3) is 0.667. The van der Waals surface area contributed by atoms with Crippen LogP contribution in [0.2, 0.25) is 25.7 Å². The highest BCUT2D eigenvalue weighted by Crippen LogP contribution is 2.67. The average molecular weight is 603 g/mol. The first-order chi connectivity index (χ1) is 16.5. The predicted octanol–water partition coefficient (Wildman–Crippen LogP) is 5.56. The molecule has 0 radical (unpaired) electrons. The lowest BCUT2D eigenvalue weighted by molar-refractivity contribution is -0.137. The fourth-order valence-electron chi connectivity index (χ4n) is 4.10. The van der Waals surface area contributed by atoms with Gasteiger partial charge in [-0.3, -0.25) is 9.79 Å². The van der Waals surface area contributed by atoms with Crippen molar-refractivity contribution in [3.63, 3.8) is 0 Å². The minimum absolute atomic E-state index is 0.0878. The Morgan fingerprint density at radius 2 is 2.00 bits per heavy atom. The van der Waals surface area contributed by atoms with E-state index in [-0.39, 0.29) is 17.8 Å². The Bertz CT molecular complexity index is 1060. The Morgan fingerprint density at radius 3 is 2.56 bits per heavy atom. The number of carbonyl (C=O) groups is 2. The first-order valence-corrected chi connectivity index (χ1v) is 17.1. The molecule has 1 aliphatic carbocycles. The summed E-state index contributed by atoms with van der Waals surface area (Å²) in [6.07, 6.45) is 1.37. The van der Waals surface area contributed by atoms with Gasteiger partial charge in [0.1, 0.15) is 17.1 Å². The number of carbonyl (C=O) groups excluding carboxylic acids is 1. The zero-order valence-corrected chi connectivity index (χ0v) is 25.6. The van der Waals surface area contributed by atoms with E-state index in [0.717, 1.165) is 22.3 Å². The lowest BCUT2D eigenvalue weighted by Crippen LogP contribution is -2.47. The summed E-state index contributed by atoms with van der Waals surface area (Å²) in [5, 5.41) is 10.5. The summed E-state index contributed by atoms with van der Waals surface area (Å²) in [4.78, 5) is 36.5. The number of nitrogens with zero attached hydrogens (tertiary/aromatic N) is 3. The Kier molecular flexibility index (Phi) is 8.25. The molecule has 0 saturated heterocycles. The molecule has 1 fully saturated rings. The van der Waals surface area contributed by atoms with E-state index in [9.17, 15) is 14.7 Å². The number of aliphatic carboxylic acids is 1. The third-order valence-electron chi connectivity index (χ3n) is 6.17. The van der Waals surface area contributed by atoms with E-state index >= 15 is 0 Å². The monoisotopic (exact) mass is 601 g/mol. The van der Waals surface area contributed by atoms with Crippen LogP contribution in [0.3, 0.4) is 0 Å². The highest BCUT2D eigenvalue weighted by atomic mass is 79.9. The summed E-state index contributed by atoms with van der Waals surface area (Å²) in [7, 11) is 0.169. The van der Waals surface area contributed by atoms with Crippen molar-refractivity contribution < 1.29 is 28.9 Å². The zero-order valence-electron chi connectivity index (χ0n) is 22.2. The van der Waals surface area contributed by atoms with Crippen molar-refractivity contribution in [3.8, 4) is 5.88 Å². The van der Waals surface area contributed by atoms with Crippen molar-refractivity contribution in [3.05, 3.63) is 22.3 Å². The van der Waals surface area contributed by atoms with Crippen LogP contribution >= 0.6 is 27.7 Å². The van der Waals surface area contributed by atoms with Crippen molar-refractivity contribution in [2.45, 2.75) is 75.7 Å². The van der Waals surface area contributed by atoms with Crippen LogP contribution in [0.5, 0.6) is 5.88 Å². The number of aromatic nitrogens is 1. The van der Waals surface area contributed by atoms with Gasteiger partial charge in [0.15, 0.2) is 5.17 Å². The van der Waals surface area contributed by atoms with Crippen LogP contribution in [0.25, 0.3) is 0 Å². The van der Waals surface area contributed by atoms with Crippen LogP contribution in [0, 0.1) is 5.92 Å². The van der Waals surface area contributed by atoms with E-state index in [0.29, 0.717) is 24.5 Å². The molecule has 200 valence electrons. The molecule has 1 N–H and O–H groups in total. The zero-order chi connectivity index (χ0) is 27.1. The number of rotatable bonds is 8. The van der Waals surface area contributed by atoms with Gasteiger partial charge in [-0.1, -0.05) is 31.4 Å². The third kappa shape index (κ3) is 6.25. The number of hydrogen-bond acceptors (Lipinski definition) is 8. The van der Waals surface area contributed by atoms with Gasteiger partial charge >= 0.3 is 12.1 Å². The number of amides is 1. The maximum Gasteiger partial charge on any atom is 0.418 e. The van der Waals surface area contributed by atoms with Gasteiger partial charge in [-0.05, 0) is 62.2 Å². The van der Waals surface area contributed by atoms with Gasteiger partial charge in [0, 0.05) is 36.8 Å². The molecule has 1 aliphatic heterocycles. The molecule has 1 aromatic rings. The number of amidine groups is 1. The first-order valence-electron chi connectivity index (χ1n) is 11.8. The molecule has 1 amide bonds. The molecule has 0 spiro atoms. The van der Waals surface area contributed by atoms with Crippen LogP contribution in [0.1, 0.15) is 39.7 Å². The number of pyridine rings is 1. The van der Waals surface area contributed by atoms with Crippen LogP contribution in [-0.2, 0) is 19.8 Å². The van der Waals surface area contributed by atoms with Crippen molar-refractivity contribution in [1.29, 1.82) is 0 Å². The molecule has 1 saturated carbocycles. The normalized spacial score (nSPS) is 25.5. The van der Waals surface area contributed by atoms with Gasteiger partial charge in [0.05, 0.1) is 12.6 Å². The summed E-state index contributed by atoms with van der Waals surface area (Å²) < 4.78 is 16.7. The molecule has 9 nitrogen and oxygen atoms in total. The second kappa shape index (κ2) is 10.3. The molecule has 0 bridgehead atoms. The lowest BCUT2D eigenvalue weighted by atomic mass is 9.86. The van der Waals surface area contributed by atoms with E-state index in [1.54, 1.807) is 27.0 Å². The van der Waals surface area contributed by atoms with E-state index in [2.05, 4.69) is 40.6 Å². The van der Waals surface area contributed by atoms with E-state index in [1.807, 2.05) is 13.0 Å². The SMILES string of the molecule is COc1ncc(Br)cc1C1(C)N=C(N(COCC[Si](C)(C)C)C(=O)OC(C)(C)C)SC2(C(=O)O)CC21. The molecule has 36 heavy (non-hydrogen) atoms. The molecular formula is C24H36BrN3O6SSi. The number of fused-ring (bicyclic) bond motifs is 1. The number of thioether (sulfide) groups is 1. The molecule has 2 heterocycles. The Hall–Kier alpha value is -1.63. The summed E-state index contributed by atoms with van der Waals surface area (Å²) >= 11 is 4.55. The van der Waals surface area contributed by atoms with Gasteiger partial charge in [-0.2, -0.15) is 0 Å². The van der Waals surface area contributed by atoms with Crippen molar-refractivity contribution in [1.82, 2.24) is 9.88 Å². The molecular weight excluding hydrogens is 566 g/mol. The number of methoxy groups -OCH3 is 1. The van der Waals surface area contributed by atoms with Crippen molar-refractivity contribution in [2.24, 2.45) is 10.9 Å². The number of carboxylic acid groups (broad SMARTS) is 1. The van der Waals surface area contributed by atoms with Crippen LogP contribution < -0.4 is 4.74 Å². The molecule has 3 atom stereocenters. The number of carboxylic acids is 1. The third-order valence-corrected chi connectivity index (χ3v) is 9.79. The topological polar surface area (TPSA) is 111 Å². The Labute approximate surface area is 226 Å². The molecule has 0 aromatic carbocycles. The second-order valence-electron chi connectivity index (χ2n) is 11.6. The summed E-state index contributed by atoms with van der Waals surface area (Å²) in [5.41, 5.74) is -1.10. The van der Waals surface area contributed by atoms with Crippen LogP contribution in [0.4, 0.5) is 4.79 Å². The van der Waals surface area contributed by atoms with E-state index in [4.69, 9.17) is 19.2 Å². The highest BCUT2D eigenvalue weighted by Gasteiger charge is 2.72. The smallest absolute Gasteiger partial charge is 0.418 e. The summed E-state index contributed by atoms with van der Waals surface area (Å²) in [6, 6.07) is 2.77. The Morgan fingerprint density at radius 1 is 1.33 bits per heavy atom. The number of hydrogen-bond donors (Lipinski definition) is 1. The predicted molar refractivity (Wildman–Crippen MR) is 146 cm³/mol. The molecule has 3 unspecified atom stereocenters. The minimum Gasteiger partial charge on any atom is -0.481 e. The number of ether oxygens (including phenoxy) is 3. The maximum absolute atomic E-state index is 13.3. The first kappa shape index (κ1) is 28.9. The van der Waals surface area contributed by atoms with Crippen LogP contribution in [0.15, 0.2) is 21.7 Å². The molecule has 2 aliphatic rings. The van der Waals surface area contributed by atoms with Gasteiger partial charge in [-0.25, -0.2) is 14.7 Å². The lowest BCUT2D eigenvalue weighted by Gasteiger charge is -2.37. The summed E-state index contributed by atoms with van der Waals surface area (Å²) in [5.74, 6) is -0.895. The largest absolute Gasteiger partial charge is 0.481 e. The molecule has 1 aromatic heterocycles. The Balaban J connectivity index is 2.05. The fourth-order valence-corrected chi connectivity index (χ4v) is 6.70. The minimum atomic E-state index is -1.35. The van der Waals surface area contributed by atoms with Gasteiger partial charge in [0.2, 0.25) is 5.88 Å². The standard InChI is InChI=1S/C24H36BrN3O6SSi/c1-22(2,3)34-21(31)28(14-33-9-10-36(6,7)8)20-27-23(4,17-12-24(17,35-20)19(29)30)16-11-15(25)13-26-18(16)32-5/h11,13,17H,9-10,12,14H2,1-8H3,(H,29,30).